The monoisotopic (exact) mass is 310 g/mol. The van der Waals surface area contributed by atoms with Crippen molar-refractivity contribution in [1.29, 1.82) is 0 Å². The van der Waals surface area contributed by atoms with Crippen molar-refractivity contribution in [2.75, 3.05) is 0 Å². The van der Waals surface area contributed by atoms with Gasteiger partial charge in [0.25, 0.3) is 0 Å². The van der Waals surface area contributed by atoms with E-state index in [-0.39, 0.29) is 11.1 Å². The first-order valence-electron chi connectivity index (χ1n) is 5.78. The molecular formula is C15H18O7. The molecule has 1 aromatic rings. The van der Waals surface area contributed by atoms with Gasteiger partial charge in [0.05, 0.1) is 0 Å². The zero-order valence-corrected chi connectivity index (χ0v) is 12.4. The van der Waals surface area contributed by atoms with Gasteiger partial charge in [0, 0.05) is 16.2 Å². The van der Waals surface area contributed by atoms with Crippen molar-refractivity contribution < 1.29 is 34.3 Å². The topological polar surface area (TPSA) is 99.1 Å². The highest BCUT2D eigenvalue weighted by molar-refractivity contribution is 5.87. The number of carbonyl (C=O) groups is 3. The van der Waals surface area contributed by atoms with Crippen LogP contribution in [-0.4, -0.2) is 23.8 Å². The number of benzene rings is 1. The van der Waals surface area contributed by atoms with E-state index in [9.17, 15) is 9.59 Å². The third-order valence-corrected chi connectivity index (χ3v) is 1.67. The van der Waals surface area contributed by atoms with Crippen LogP contribution in [0.1, 0.15) is 13.8 Å². The van der Waals surface area contributed by atoms with Crippen LogP contribution < -0.4 is 0 Å². The molecule has 0 radical (unpaired) electrons. The number of aromatic hydroxyl groups is 1. The highest BCUT2D eigenvalue weighted by Crippen LogP contribution is 2.02. The number of hydrogen-bond acceptors (Lipinski definition) is 7. The average molecular weight is 310 g/mol. The van der Waals surface area contributed by atoms with Crippen LogP contribution in [0.4, 0.5) is 0 Å². The van der Waals surface area contributed by atoms with Crippen LogP contribution in [0.2, 0.25) is 0 Å². The molecule has 7 heteroatoms. The number of phenols is 1. The Labute approximate surface area is 128 Å². The fourth-order valence-electron chi connectivity index (χ4n) is 0.649. The minimum Gasteiger partial charge on any atom is -0.508 e. The second kappa shape index (κ2) is 13.1. The molecule has 0 aromatic heterocycles. The Morgan fingerprint density at radius 2 is 1.27 bits per heavy atom. The van der Waals surface area contributed by atoms with Crippen molar-refractivity contribution in [2.45, 2.75) is 13.8 Å². The molecule has 0 unspecified atom stereocenters. The molecule has 0 saturated carbocycles. The summed E-state index contributed by atoms with van der Waals surface area (Å²) in [7, 11) is 0. The molecule has 1 N–H and O–H groups in total. The number of rotatable bonds is 4. The second-order valence-corrected chi connectivity index (χ2v) is 3.71. The molecule has 120 valence electrons. The minimum absolute atomic E-state index is 0.131. The second-order valence-electron chi connectivity index (χ2n) is 3.71. The fourth-order valence-corrected chi connectivity index (χ4v) is 0.649. The quantitative estimate of drug-likeness (QED) is 0.517. The molecule has 1 aromatic carbocycles. The largest absolute Gasteiger partial charge is 0.508 e. The first kappa shape index (κ1) is 21.4. The molecule has 0 spiro atoms. The van der Waals surface area contributed by atoms with Crippen LogP contribution >= 0.6 is 0 Å². The van der Waals surface area contributed by atoms with E-state index in [1.807, 2.05) is 12.9 Å². The average Bonchev–Trinajstić information content (AvgIpc) is 2.50. The van der Waals surface area contributed by atoms with E-state index < -0.39 is 11.9 Å². The Kier molecular flexibility index (Phi) is 12.7. The van der Waals surface area contributed by atoms with Gasteiger partial charge >= 0.3 is 11.9 Å². The lowest BCUT2D eigenvalue weighted by Crippen LogP contribution is -2.11. The van der Waals surface area contributed by atoms with Gasteiger partial charge in [0.1, 0.15) is 12.5 Å². The highest BCUT2D eigenvalue weighted by atomic mass is 17.5. The molecule has 0 atom stereocenters. The molecule has 0 saturated heterocycles. The fraction of sp³-hybridized carbons (Fsp3) is 0.133. The van der Waals surface area contributed by atoms with Gasteiger partial charge in [0.2, 0.25) is 0 Å². The van der Waals surface area contributed by atoms with Crippen molar-refractivity contribution in [1.82, 2.24) is 0 Å². The summed E-state index contributed by atoms with van der Waals surface area (Å²) in [5, 5.41) is 12.5. The Balaban J connectivity index is 0. The Bertz CT molecular complexity index is 468. The normalized spacial score (nSPS) is 8.09. The first-order valence-corrected chi connectivity index (χ1v) is 5.78. The first-order chi connectivity index (χ1) is 10.3. The zero-order valence-electron chi connectivity index (χ0n) is 12.4. The molecule has 0 amide bonds. The van der Waals surface area contributed by atoms with E-state index in [1.54, 1.807) is 24.3 Å². The lowest BCUT2D eigenvalue weighted by molar-refractivity contribution is -0.456. The van der Waals surface area contributed by atoms with Crippen molar-refractivity contribution in [3.8, 4) is 5.75 Å². The molecule has 0 bridgehead atoms. The van der Waals surface area contributed by atoms with Crippen LogP contribution in [0.3, 0.4) is 0 Å². The van der Waals surface area contributed by atoms with E-state index in [4.69, 9.17) is 9.90 Å². The summed E-state index contributed by atoms with van der Waals surface area (Å²) in [5.74, 6) is -1.30. The van der Waals surface area contributed by atoms with Gasteiger partial charge in [-0.25, -0.2) is 9.59 Å². The zero-order chi connectivity index (χ0) is 17.5. The van der Waals surface area contributed by atoms with E-state index in [1.165, 1.54) is 13.8 Å². The Morgan fingerprint density at radius 1 is 0.909 bits per heavy atom. The Morgan fingerprint density at radius 3 is 1.50 bits per heavy atom. The maximum absolute atomic E-state index is 10.6. The third-order valence-electron chi connectivity index (χ3n) is 1.67. The van der Waals surface area contributed by atoms with Gasteiger partial charge in [0.15, 0.2) is 0 Å². The summed E-state index contributed by atoms with van der Waals surface area (Å²) in [4.78, 5) is 37.3. The van der Waals surface area contributed by atoms with Crippen LogP contribution in [0.5, 0.6) is 5.75 Å². The van der Waals surface area contributed by atoms with Crippen LogP contribution in [0, 0.1) is 0 Å². The lowest BCUT2D eigenvalue weighted by Gasteiger charge is -2.00. The third kappa shape index (κ3) is 12.1. The maximum Gasteiger partial charge on any atom is 0.372 e. The van der Waals surface area contributed by atoms with Gasteiger partial charge in [-0.05, 0) is 26.0 Å². The van der Waals surface area contributed by atoms with E-state index in [0.717, 1.165) is 0 Å². The lowest BCUT2D eigenvalue weighted by atomic mass is 10.3. The van der Waals surface area contributed by atoms with Gasteiger partial charge in [-0.1, -0.05) is 31.4 Å². The molecular weight excluding hydrogens is 292 g/mol. The summed E-state index contributed by atoms with van der Waals surface area (Å²) in [6.45, 7) is 11.4. The SMILES string of the molecule is C=C(C)C(=O)OOOC(=O)C(=C)C.C=O.Oc1ccccc1. The van der Waals surface area contributed by atoms with Crippen LogP contribution in [0.15, 0.2) is 54.6 Å². The highest BCUT2D eigenvalue weighted by Gasteiger charge is 2.08. The molecule has 0 aliphatic heterocycles. The molecule has 0 heterocycles. The van der Waals surface area contributed by atoms with Crippen molar-refractivity contribution in [3.05, 3.63) is 54.6 Å². The van der Waals surface area contributed by atoms with Crippen molar-refractivity contribution in [2.24, 2.45) is 0 Å². The maximum atomic E-state index is 10.6. The predicted octanol–water partition coefficient (Wildman–Crippen LogP) is 2.28. The molecule has 0 aliphatic carbocycles. The van der Waals surface area contributed by atoms with E-state index >= 15 is 0 Å². The minimum atomic E-state index is -0.811. The smallest absolute Gasteiger partial charge is 0.372 e. The van der Waals surface area contributed by atoms with Crippen LogP contribution in [-0.2, 0) is 29.2 Å². The number of para-hydroxylation sites is 1. The summed E-state index contributed by atoms with van der Waals surface area (Å²) in [5.41, 5.74) is 0.262. The predicted molar refractivity (Wildman–Crippen MR) is 78.1 cm³/mol. The van der Waals surface area contributed by atoms with Gasteiger partial charge in [-0.3, -0.25) is 9.78 Å². The van der Waals surface area contributed by atoms with Gasteiger partial charge in [-0.15, -0.1) is 0 Å². The Hall–Kier alpha value is -2.93. The summed E-state index contributed by atoms with van der Waals surface area (Å²) in [6, 6.07) is 8.71. The van der Waals surface area contributed by atoms with Crippen LogP contribution in [0.25, 0.3) is 0 Å². The van der Waals surface area contributed by atoms with Crippen molar-refractivity contribution >= 4 is 18.7 Å². The summed E-state index contributed by atoms with van der Waals surface area (Å²) >= 11 is 0. The molecule has 0 fully saturated rings. The van der Waals surface area contributed by atoms with Gasteiger partial charge < -0.3 is 9.90 Å². The number of carbonyl (C=O) groups excluding carboxylic acids is 3. The van der Waals surface area contributed by atoms with Gasteiger partial charge in [-0.2, -0.15) is 0 Å². The number of phenolic OH excluding ortho intramolecular Hbond substituents is 1. The molecule has 22 heavy (non-hydrogen) atoms. The molecule has 7 nitrogen and oxygen atoms in total. The summed E-state index contributed by atoms with van der Waals surface area (Å²) < 4.78 is 0. The van der Waals surface area contributed by atoms with Crippen molar-refractivity contribution in [3.63, 3.8) is 0 Å². The van der Waals surface area contributed by atoms with E-state index in [2.05, 4.69) is 28.0 Å². The molecule has 0 aliphatic rings. The summed E-state index contributed by atoms with van der Waals surface area (Å²) in [6.07, 6.45) is 0. The molecule has 1 rings (SSSR count). The number of hydrogen-bond donors (Lipinski definition) is 1. The standard InChI is InChI=1S/C8H10O5.C6H6O.CH2O/c1-5(2)7(9)11-13-12-8(10)6(3)4;7-6-4-2-1-3-5-6;1-2/h1,3H2,2,4H3;1-5,7H;1H2. The van der Waals surface area contributed by atoms with E-state index in [0.29, 0.717) is 5.75 Å².